The minimum absolute atomic E-state index is 0.151. The van der Waals surface area contributed by atoms with Crippen LogP contribution in [0.25, 0.3) is 0 Å². The molecular formula is C12H18ClIN2O2. The Morgan fingerprint density at radius 3 is 2.78 bits per heavy atom. The lowest BCUT2D eigenvalue weighted by molar-refractivity contribution is 0.150. The summed E-state index contributed by atoms with van der Waals surface area (Å²) in [5.74, 6) is 0. The Hall–Kier alpha value is -0.430. The van der Waals surface area contributed by atoms with Gasteiger partial charge >= 0.3 is 6.09 Å². The van der Waals surface area contributed by atoms with Gasteiger partial charge in [0.1, 0.15) is 5.17 Å². The second-order valence-corrected chi connectivity index (χ2v) is 7.44. The van der Waals surface area contributed by atoms with Gasteiger partial charge in [-0.15, -0.1) is 0 Å². The molecule has 6 heteroatoms. The number of nitrogens with one attached hydrogen (secondary N) is 1. The summed E-state index contributed by atoms with van der Waals surface area (Å²) in [5, 5.41) is 3.27. The molecule has 0 aromatic carbocycles. The number of ether oxygens (including phenoxy) is 1. The smallest absolute Gasteiger partial charge is 0.411 e. The van der Waals surface area contributed by atoms with E-state index in [2.05, 4.69) is 10.3 Å². The van der Waals surface area contributed by atoms with Crippen LogP contribution in [0.15, 0.2) is 14.3 Å². The Labute approximate surface area is 123 Å². The maximum atomic E-state index is 11.6. The van der Waals surface area contributed by atoms with Crippen molar-refractivity contribution in [2.24, 2.45) is 10.4 Å². The van der Waals surface area contributed by atoms with Crippen molar-refractivity contribution in [1.82, 2.24) is 5.32 Å². The number of amides is 1. The fourth-order valence-electron chi connectivity index (χ4n) is 1.37. The summed E-state index contributed by atoms with van der Waals surface area (Å²) in [6, 6.07) is 0. The SMILES string of the molecule is CCCOC(=O)NC1=C(C(C)(C)C)C(Cl)=NC=I1. The number of carbonyl (C=O) groups is 1. The lowest BCUT2D eigenvalue weighted by atomic mass is 9.87. The minimum Gasteiger partial charge on any atom is -0.449 e. The Kier molecular flexibility index (Phi) is 5.78. The van der Waals surface area contributed by atoms with E-state index < -0.39 is 26.8 Å². The molecule has 1 amide bonds. The Morgan fingerprint density at radius 2 is 2.22 bits per heavy atom. The van der Waals surface area contributed by atoms with Gasteiger partial charge in [0.15, 0.2) is 0 Å². The molecule has 0 bridgehead atoms. The van der Waals surface area contributed by atoms with E-state index in [9.17, 15) is 4.79 Å². The van der Waals surface area contributed by atoms with Crippen LogP contribution in [0.3, 0.4) is 0 Å². The predicted octanol–water partition coefficient (Wildman–Crippen LogP) is 3.76. The predicted molar refractivity (Wildman–Crippen MR) is 84.6 cm³/mol. The summed E-state index contributed by atoms with van der Waals surface area (Å²) in [6.07, 6.45) is 0.398. The summed E-state index contributed by atoms with van der Waals surface area (Å²) in [4.78, 5) is 15.8. The van der Waals surface area contributed by atoms with Crippen molar-refractivity contribution in [3.8, 4) is 0 Å². The molecular weight excluding hydrogens is 367 g/mol. The zero-order valence-corrected chi connectivity index (χ0v) is 13.9. The lowest BCUT2D eigenvalue weighted by Crippen LogP contribution is -2.28. The van der Waals surface area contributed by atoms with E-state index in [1.807, 2.05) is 27.7 Å². The maximum Gasteiger partial charge on any atom is 0.411 e. The number of alkyl carbamates (subject to hydrolysis) is 1. The van der Waals surface area contributed by atoms with E-state index in [0.29, 0.717) is 11.8 Å². The minimum atomic E-state index is -0.463. The number of allylic oxidation sites excluding steroid dienone is 1. The molecule has 1 aliphatic heterocycles. The molecule has 18 heavy (non-hydrogen) atoms. The zero-order chi connectivity index (χ0) is 13.8. The number of nitrogens with zero attached hydrogens (tertiary/aromatic N) is 1. The summed E-state index contributed by atoms with van der Waals surface area (Å²) in [5.41, 5.74) is 0.759. The molecule has 0 radical (unpaired) electrons. The lowest BCUT2D eigenvalue weighted by Gasteiger charge is -2.25. The van der Waals surface area contributed by atoms with E-state index in [0.717, 1.165) is 15.7 Å². The first-order valence-electron chi connectivity index (χ1n) is 5.73. The van der Waals surface area contributed by atoms with Gasteiger partial charge in [0.05, 0.1) is 14.4 Å². The number of rotatable bonds is 3. The molecule has 1 heterocycles. The third-order valence-corrected chi connectivity index (χ3v) is 4.42. The average Bonchev–Trinajstić information content (AvgIpc) is 2.24. The topological polar surface area (TPSA) is 50.7 Å². The highest BCUT2D eigenvalue weighted by atomic mass is 127. The number of hydrogen-bond acceptors (Lipinski definition) is 3. The normalized spacial score (nSPS) is 15.9. The van der Waals surface area contributed by atoms with Crippen LogP contribution in [0.5, 0.6) is 0 Å². The van der Waals surface area contributed by atoms with Crippen LogP contribution in [0.1, 0.15) is 34.1 Å². The number of carbonyl (C=O) groups excluding carboxylic acids is 1. The molecule has 0 aromatic rings. The van der Waals surface area contributed by atoms with Crippen molar-refractivity contribution in [2.45, 2.75) is 34.1 Å². The first-order valence-corrected chi connectivity index (χ1v) is 8.43. The van der Waals surface area contributed by atoms with E-state index >= 15 is 0 Å². The van der Waals surface area contributed by atoms with Crippen LogP contribution < -0.4 is 5.32 Å². The molecule has 1 N–H and O–H groups in total. The Balaban J connectivity index is 2.92. The molecule has 0 saturated heterocycles. The number of hydrogen-bond donors (Lipinski definition) is 1. The monoisotopic (exact) mass is 384 g/mol. The van der Waals surface area contributed by atoms with Gasteiger partial charge < -0.3 is 4.74 Å². The molecule has 0 aromatic heterocycles. The second kappa shape index (κ2) is 6.65. The highest BCUT2D eigenvalue weighted by Crippen LogP contribution is 2.35. The van der Waals surface area contributed by atoms with Gasteiger partial charge in [-0.1, -0.05) is 39.3 Å². The van der Waals surface area contributed by atoms with Crippen LogP contribution in [-0.4, -0.2) is 22.0 Å². The summed E-state index contributed by atoms with van der Waals surface area (Å²) < 4.78 is 7.70. The van der Waals surface area contributed by atoms with Crippen molar-refractivity contribution in [3.63, 3.8) is 0 Å². The van der Waals surface area contributed by atoms with Crippen molar-refractivity contribution >= 4 is 47.7 Å². The standard InChI is InChI=1S/C12H18ClIN2O2/c1-5-6-18-11(17)16-10-8(12(2,3)4)9(13)15-7-14-10/h7H,5-6H2,1-4H3,(H,16,17). The second-order valence-electron chi connectivity index (χ2n) is 4.83. The highest BCUT2D eigenvalue weighted by molar-refractivity contribution is 14.2. The first kappa shape index (κ1) is 15.6. The van der Waals surface area contributed by atoms with E-state index in [1.165, 1.54) is 0 Å². The molecule has 4 nitrogen and oxygen atoms in total. The van der Waals surface area contributed by atoms with Gasteiger partial charge in [-0.3, -0.25) is 5.32 Å². The Bertz CT molecular complexity index is 422. The summed E-state index contributed by atoms with van der Waals surface area (Å²) >= 11 is 5.67. The van der Waals surface area contributed by atoms with Gasteiger partial charge in [-0.25, -0.2) is 9.79 Å². The van der Waals surface area contributed by atoms with Crippen LogP contribution in [-0.2, 0) is 4.74 Å². The first-order chi connectivity index (χ1) is 8.36. The van der Waals surface area contributed by atoms with Gasteiger partial charge in [0.25, 0.3) is 0 Å². The van der Waals surface area contributed by atoms with Gasteiger partial charge in [-0.05, 0) is 32.6 Å². The quantitative estimate of drug-likeness (QED) is 0.595. The van der Waals surface area contributed by atoms with E-state index in [-0.39, 0.29) is 5.41 Å². The molecule has 0 fully saturated rings. The molecule has 102 valence electrons. The largest absolute Gasteiger partial charge is 0.449 e. The molecule has 0 aliphatic carbocycles. The molecule has 0 unspecified atom stereocenters. The highest BCUT2D eigenvalue weighted by Gasteiger charge is 2.27. The van der Waals surface area contributed by atoms with Crippen LogP contribution >= 0.6 is 32.3 Å². The maximum absolute atomic E-state index is 11.6. The summed E-state index contributed by atoms with van der Waals surface area (Å²) in [7, 11) is 0. The van der Waals surface area contributed by atoms with Gasteiger partial charge in [0, 0.05) is 5.57 Å². The van der Waals surface area contributed by atoms with E-state index in [4.69, 9.17) is 16.3 Å². The fraction of sp³-hybridized carbons (Fsp3) is 0.583. The van der Waals surface area contributed by atoms with Crippen molar-refractivity contribution < 1.29 is 9.53 Å². The third-order valence-electron chi connectivity index (χ3n) is 2.14. The number of aliphatic imine (C=N–C) groups is 1. The van der Waals surface area contributed by atoms with Crippen molar-refractivity contribution in [1.29, 1.82) is 0 Å². The van der Waals surface area contributed by atoms with Crippen LogP contribution in [0, 0.1) is 5.41 Å². The third kappa shape index (κ3) is 4.35. The molecule has 0 spiro atoms. The van der Waals surface area contributed by atoms with E-state index in [1.54, 1.807) is 4.14 Å². The average molecular weight is 385 g/mol. The van der Waals surface area contributed by atoms with Crippen LogP contribution in [0.2, 0.25) is 0 Å². The van der Waals surface area contributed by atoms with Crippen molar-refractivity contribution in [3.05, 3.63) is 9.28 Å². The van der Waals surface area contributed by atoms with Gasteiger partial charge in [0.2, 0.25) is 0 Å². The fourth-order valence-corrected chi connectivity index (χ4v) is 4.57. The molecule has 0 atom stereocenters. The summed E-state index contributed by atoms with van der Waals surface area (Å²) in [6.45, 7) is 8.53. The molecule has 1 aliphatic rings. The number of halogens is 2. The van der Waals surface area contributed by atoms with Crippen LogP contribution in [0.4, 0.5) is 4.79 Å². The molecule has 0 saturated carbocycles. The molecule has 1 rings (SSSR count). The van der Waals surface area contributed by atoms with Crippen molar-refractivity contribution in [2.75, 3.05) is 6.61 Å². The Morgan fingerprint density at radius 1 is 1.56 bits per heavy atom. The van der Waals surface area contributed by atoms with Gasteiger partial charge in [-0.2, -0.15) is 0 Å². The zero-order valence-electron chi connectivity index (χ0n) is 11.0.